The molecule has 2 aromatic heterocycles. The van der Waals surface area contributed by atoms with Crippen molar-refractivity contribution in [2.45, 2.75) is 18.3 Å². The van der Waals surface area contributed by atoms with Crippen molar-refractivity contribution >= 4 is 0 Å². The molecule has 0 saturated heterocycles. The molecule has 9 heteroatoms. The highest BCUT2D eigenvalue weighted by Gasteiger charge is 2.43. The maximum absolute atomic E-state index is 14.1. The number of H-pyrrole nitrogens is 2. The summed E-state index contributed by atoms with van der Waals surface area (Å²) < 4.78 is 32.5. The molecule has 2 N–H and O–H groups in total. The van der Waals surface area contributed by atoms with Gasteiger partial charge in [-0.25, -0.2) is 13.6 Å². The van der Waals surface area contributed by atoms with E-state index in [1.165, 1.54) is 25.4 Å². The molecular formula is C18H14F2N4O3. The van der Waals surface area contributed by atoms with Crippen LogP contribution in [-0.4, -0.2) is 27.3 Å². The van der Waals surface area contributed by atoms with Gasteiger partial charge in [0.15, 0.2) is 0 Å². The number of hydrogen-bond acceptors (Lipinski definition) is 5. The van der Waals surface area contributed by atoms with E-state index in [9.17, 15) is 18.4 Å². The number of benzene rings is 1. The van der Waals surface area contributed by atoms with Gasteiger partial charge in [0.2, 0.25) is 5.88 Å². The predicted molar refractivity (Wildman–Crippen MR) is 91.7 cm³/mol. The van der Waals surface area contributed by atoms with Gasteiger partial charge in [-0.2, -0.15) is 0 Å². The third kappa shape index (κ3) is 3.12. The Bertz CT molecular complexity index is 1140. The largest absolute Gasteiger partial charge is 0.480 e. The summed E-state index contributed by atoms with van der Waals surface area (Å²) in [5, 5.41) is 7.96. The van der Waals surface area contributed by atoms with Gasteiger partial charge >= 0.3 is 5.69 Å². The standard InChI is InChI=1S/C18H14F2N4O3/c1-27-17-12(11-5-10(11)9-3-2-8(19)4-14(9)20)6-15(23-24-17)13-7-21-18(26)22-16(13)25/h2-4,6-7,10-11H,5H2,1H3,(H2,21,22,25,26)/t10?,11-/m0/s1. The lowest BCUT2D eigenvalue weighted by Gasteiger charge is -2.09. The Labute approximate surface area is 151 Å². The van der Waals surface area contributed by atoms with Gasteiger partial charge in [0, 0.05) is 17.8 Å². The fraction of sp³-hybridized carbons (Fsp3) is 0.222. The van der Waals surface area contributed by atoms with Gasteiger partial charge in [-0.05, 0) is 36.0 Å². The van der Waals surface area contributed by atoms with E-state index in [1.54, 1.807) is 6.07 Å². The van der Waals surface area contributed by atoms with Gasteiger partial charge in [0.05, 0.1) is 12.7 Å². The molecule has 0 radical (unpaired) electrons. The third-order valence-corrected chi connectivity index (χ3v) is 4.63. The number of methoxy groups -OCH3 is 1. The highest BCUT2D eigenvalue weighted by Crippen LogP contribution is 2.57. The monoisotopic (exact) mass is 372 g/mol. The Hall–Kier alpha value is -3.36. The molecule has 0 spiro atoms. The zero-order valence-corrected chi connectivity index (χ0v) is 14.1. The van der Waals surface area contributed by atoms with Crippen LogP contribution in [0.3, 0.4) is 0 Å². The maximum Gasteiger partial charge on any atom is 0.325 e. The molecule has 2 atom stereocenters. The van der Waals surface area contributed by atoms with Crippen molar-refractivity contribution in [3.8, 4) is 17.1 Å². The zero-order valence-electron chi connectivity index (χ0n) is 14.1. The first-order valence-electron chi connectivity index (χ1n) is 8.17. The Balaban J connectivity index is 1.72. The summed E-state index contributed by atoms with van der Waals surface area (Å²) in [7, 11) is 1.44. The molecule has 27 heavy (non-hydrogen) atoms. The number of rotatable bonds is 4. The molecule has 138 valence electrons. The van der Waals surface area contributed by atoms with Crippen molar-refractivity contribution in [1.29, 1.82) is 0 Å². The molecule has 1 aliphatic carbocycles. The topological polar surface area (TPSA) is 101 Å². The van der Waals surface area contributed by atoms with Crippen molar-refractivity contribution in [3.05, 3.63) is 74.1 Å². The van der Waals surface area contributed by atoms with Gasteiger partial charge in [-0.3, -0.25) is 9.78 Å². The van der Waals surface area contributed by atoms with Crippen molar-refractivity contribution in [3.63, 3.8) is 0 Å². The minimum atomic E-state index is -0.629. The number of aromatic amines is 2. The smallest absolute Gasteiger partial charge is 0.325 e. The van der Waals surface area contributed by atoms with Crippen LogP contribution in [0.4, 0.5) is 8.78 Å². The lowest BCUT2D eigenvalue weighted by molar-refractivity contribution is 0.386. The van der Waals surface area contributed by atoms with E-state index < -0.39 is 22.9 Å². The maximum atomic E-state index is 14.1. The number of halogens is 2. The minimum absolute atomic E-state index is 0.101. The van der Waals surface area contributed by atoms with E-state index in [1.807, 2.05) is 0 Å². The van der Waals surface area contributed by atoms with Gasteiger partial charge in [-0.15, -0.1) is 10.2 Å². The molecule has 0 amide bonds. The Morgan fingerprint density at radius 3 is 2.59 bits per heavy atom. The summed E-state index contributed by atoms with van der Waals surface area (Å²) in [6.45, 7) is 0. The highest BCUT2D eigenvalue weighted by molar-refractivity contribution is 5.59. The second-order valence-corrected chi connectivity index (χ2v) is 6.29. The van der Waals surface area contributed by atoms with Crippen LogP contribution in [0.1, 0.15) is 29.4 Å². The van der Waals surface area contributed by atoms with Crippen molar-refractivity contribution in [2.75, 3.05) is 7.11 Å². The van der Waals surface area contributed by atoms with Crippen molar-refractivity contribution < 1.29 is 13.5 Å². The molecule has 1 fully saturated rings. The fourth-order valence-corrected chi connectivity index (χ4v) is 3.24. The van der Waals surface area contributed by atoms with Gasteiger partial charge in [0.1, 0.15) is 17.3 Å². The lowest BCUT2D eigenvalue weighted by atomic mass is 10.0. The molecule has 1 unspecified atom stereocenters. The molecule has 1 aliphatic rings. The first-order valence-corrected chi connectivity index (χ1v) is 8.17. The van der Waals surface area contributed by atoms with Crippen LogP contribution in [-0.2, 0) is 0 Å². The molecule has 3 aromatic rings. The summed E-state index contributed by atoms with van der Waals surface area (Å²) in [5.74, 6) is -1.20. The van der Waals surface area contributed by atoms with Gasteiger partial charge in [0.25, 0.3) is 5.56 Å². The number of ether oxygens (including phenoxy) is 1. The molecule has 2 heterocycles. The number of nitrogens with zero attached hydrogens (tertiary/aromatic N) is 2. The normalized spacial score (nSPS) is 18.3. The highest BCUT2D eigenvalue weighted by atomic mass is 19.1. The number of hydrogen-bond donors (Lipinski definition) is 2. The summed E-state index contributed by atoms with van der Waals surface area (Å²) in [5.41, 5.74) is 0.274. The van der Waals surface area contributed by atoms with E-state index in [-0.39, 0.29) is 29.0 Å². The molecular weight excluding hydrogens is 358 g/mol. The van der Waals surface area contributed by atoms with E-state index in [0.29, 0.717) is 17.5 Å². The molecule has 1 saturated carbocycles. The first-order chi connectivity index (χ1) is 13.0. The molecule has 7 nitrogen and oxygen atoms in total. The number of aromatic nitrogens is 4. The second-order valence-electron chi connectivity index (χ2n) is 6.29. The van der Waals surface area contributed by atoms with Crippen LogP contribution in [0.2, 0.25) is 0 Å². The predicted octanol–water partition coefficient (Wildman–Crippen LogP) is 2.08. The molecule has 4 rings (SSSR count). The third-order valence-electron chi connectivity index (χ3n) is 4.63. The SMILES string of the molecule is COc1nnc(-c2c[nH]c(=O)[nH]c2=O)cc1[C@H]1CC1c1ccc(F)cc1F. The van der Waals surface area contributed by atoms with Crippen LogP contribution in [0.25, 0.3) is 11.3 Å². The lowest BCUT2D eigenvalue weighted by Crippen LogP contribution is -2.23. The van der Waals surface area contributed by atoms with E-state index in [0.717, 1.165) is 6.07 Å². The molecule has 1 aromatic carbocycles. The van der Waals surface area contributed by atoms with E-state index >= 15 is 0 Å². The summed E-state index contributed by atoms with van der Waals surface area (Å²) >= 11 is 0. The minimum Gasteiger partial charge on any atom is -0.480 e. The Morgan fingerprint density at radius 1 is 1.11 bits per heavy atom. The van der Waals surface area contributed by atoms with Gasteiger partial charge in [-0.1, -0.05) is 6.07 Å². The summed E-state index contributed by atoms with van der Waals surface area (Å²) in [6, 6.07) is 5.16. The second kappa shape index (κ2) is 6.42. The Kier molecular flexibility index (Phi) is 4.06. The molecule has 0 aliphatic heterocycles. The van der Waals surface area contributed by atoms with Crippen LogP contribution in [0.15, 0.2) is 40.1 Å². The first kappa shape index (κ1) is 17.1. The quantitative estimate of drug-likeness (QED) is 0.730. The zero-order chi connectivity index (χ0) is 19.1. The van der Waals surface area contributed by atoms with Crippen LogP contribution < -0.4 is 16.0 Å². The van der Waals surface area contributed by atoms with E-state index in [4.69, 9.17) is 4.74 Å². The molecule has 0 bridgehead atoms. The summed E-state index contributed by atoms with van der Waals surface area (Å²) in [6.07, 6.45) is 1.89. The average Bonchev–Trinajstić information content (AvgIpc) is 3.41. The summed E-state index contributed by atoms with van der Waals surface area (Å²) in [4.78, 5) is 27.7. The van der Waals surface area contributed by atoms with Crippen LogP contribution in [0, 0.1) is 11.6 Å². The van der Waals surface area contributed by atoms with Gasteiger partial charge < -0.3 is 9.72 Å². The fourth-order valence-electron chi connectivity index (χ4n) is 3.24. The Morgan fingerprint density at radius 2 is 1.89 bits per heavy atom. The average molecular weight is 372 g/mol. The van der Waals surface area contributed by atoms with Crippen LogP contribution in [0.5, 0.6) is 5.88 Å². The number of nitrogens with one attached hydrogen (secondary N) is 2. The van der Waals surface area contributed by atoms with E-state index in [2.05, 4.69) is 20.2 Å². The van der Waals surface area contributed by atoms with Crippen LogP contribution >= 0.6 is 0 Å². The van der Waals surface area contributed by atoms with Crippen molar-refractivity contribution in [2.24, 2.45) is 0 Å². The van der Waals surface area contributed by atoms with Crippen molar-refractivity contribution in [1.82, 2.24) is 20.2 Å².